The zero-order valence-electron chi connectivity index (χ0n) is 12.1. The van der Waals surface area contributed by atoms with E-state index >= 15 is 0 Å². The van der Waals surface area contributed by atoms with Crippen molar-refractivity contribution in [1.29, 1.82) is 0 Å². The number of nitrogens with one attached hydrogen (secondary N) is 1. The Kier molecular flexibility index (Phi) is 7.23. The number of sulfonamides is 1. The molecule has 0 saturated carbocycles. The van der Waals surface area contributed by atoms with Gasteiger partial charge in [-0.2, -0.15) is 0 Å². The number of rotatable bonds is 8. The molecule has 1 N–H and O–H groups in total. The van der Waals surface area contributed by atoms with Gasteiger partial charge < -0.3 is 0 Å². The molecule has 1 atom stereocenters. The lowest BCUT2D eigenvalue weighted by Crippen LogP contribution is -2.30. The van der Waals surface area contributed by atoms with Gasteiger partial charge in [0.2, 0.25) is 10.0 Å². The largest absolute Gasteiger partial charge is 0.244 e. The van der Waals surface area contributed by atoms with Crippen LogP contribution in [0.4, 0.5) is 8.78 Å². The summed E-state index contributed by atoms with van der Waals surface area (Å²) in [5, 5.41) is 0. The van der Waals surface area contributed by atoms with E-state index in [0.29, 0.717) is 6.07 Å². The first-order valence-electron chi connectivity index (χ1n) is 6.96. The Morgan fingerprint density at radius 1 is 1.29 bits per heavy atom. The van der Waals surface area contributed by atoms with Gasteiger partial charge in [-0.1, -0.05) is 33.1 Å². The SMILES string of the molecule is CCCCC(CC)CNS(=O)(=O)c1c(F)cc(F)cc1Br. The summed E-state index contributed by atoms with van der Waals surface area (Å²) in [6.45, 7) is 4.31. The minimum Gasteiger partial charge on any atom is -0.211 e. The lowest BCUT2D eigenvalue weighted by Gasteiger charge is -2.16. The maximum absolute atomic E-state index is 13.7. The highest BCUT2D eigenvalue weighted by Crippen LogP contribution is 2.26. The zero-order valence-corrected chi connectivity index (χ0v) is 14.5. The van der Waals surface area contributed by atoms with Crippen molar-refractivity contribution in [2.75, 3.05) is 6.54 Å². The molecule has 0 aromatic heterocycles. The van der Waals surface area contributed by atoms with Crippen LogP contribution >= 0.6 is 15.9 Å². The van der Waals surface area contributed by atoms with Gasteiger partial charge in [-0.25, -0.2) is 21.9 Å². The van der Waals surface area contributed by atoms with Crippen LogP contribution in [0, 0.1) is 17.6 Å². The van der Waals surface area contributed by atoms with Crippen LogP contribution in [0.2, 0.25) is 0 Å². The molecule has 1 aromatic carbocycles. The molecule has 0 saturated heterocycles. The van der Waals surface area contributed by atoms with Crippen LogP contribution in [-0.4, -0.2) is 15.0 Å². The third kappa shape index (κ3) is 5.30. The molecular formula is C14H20BrF2NO2S. The average Bonchev–Trinajstić information content (AvgIpc) is 2.37. The Hall–Kier alpha value is -0.530. The van der Waals surface area contributed by atoms with Crippen molar-refractivity contribution >= 4 is 26.0 Å². The molecule has 0 aliphatic heterocycles. The molecular weight excluding hydrogens is 364 g/mol. The van der Waals surface area contributed by atoms with E-state index in [1.807, 2.05) is 6.92 Å². The Balaban J connectivity index is 2.87. The maximum Gasteiger partial charge on any atom is 0.244 e. The summed E-state index contributed by atoms with van der Waals surface area (Å²) < 4.78 is 53.4. The maximum atomic E-state index is 13.7. The van der Waals surface area contributed by atoms with Gasteiger partial charge in [-0.05, 0) is 34.3 Å². The van der Waals surface area contributed by atoms with Gasteiger partial charge in [0.05, 0.1) is 0 Å². The van der Waals surface area contributed by atoms with Crippen molar-refractivity contribution in [2.24, 2.45) is 5.92 Å². The van der Waals surface area contributed by atoms with Crippen LogP contribution in [0.5, 0.6) is 0 Å². The normalized spacial score (nSPS) is 13.4. The van der Waals surface area contributed by atoms with Crippen molar-refractivity contribution in [2.45, 2.75) is 44.4 Å². The molecule has 7 heteroatoms. The quantitative estimate of drug-likeness (QED) is 0.730. The van der Waals surface area contributed by atoms with E-state index in [9.17, 15) is 17.2 Å². The minimum atomic E-state index is -4.01. The van der Waals surface area contributed by atoms with Crippen molar-refractivity contribution in [3.05, 3.63) is 28.2 Å². The van der Waals surface area contributed by atoms with Gasteiger partial charge >= 0.3 is 0 Å². The summed E-state index contributed by atoms with van der Waals surface area (Å²) >= 11 is 2.90. The molecule has 0 aliphatic rings. The summed E-state index contributed by atoms with van der Waals surface area (Å²) in [5.41, 5.74) is 0. The predicted molar refractivity (Wildman–Crippen MR) is 82.6 cm³/mol. The zero-order chi connectivity index (χ0) is 16.0. The fourth-order valence-electron chi connectivity index (χ4n) is 2.03. The summed E-state index contributed by atoms with van der Waals surface area (Å²) in [7, 11) is -4.01. The third-order valence-corrected chi connectivity index (χ3v) is 5.72. The molecule has 3 nitrogen and oxygen atoms in total. The van der Waals surface area contributed by atoms with E-state index in [1.54, 1.807) is 0 Å². The first-order chi connectivity index (χ1) is 9.81. The van der Waals surface area contributed by atoms with Gasteiger partial charge in [0.1, 0.15) is 16.5 Å². The van der Waals surface area contributed by atoms with Crippen LogP contribution in [0.15, 0.2) is 21.5 Å². The second-order valence-electron chi connectivity index (χ2n) is 4.97. The highest BCUT2D eigenvalue weighted by molar-refractivity contribution is 9.10. The summed E-state index contributed by atoms with van der Waals surface area (Å²) in [6.07, 6.45) is 3.83. The Labute approximate surface area is 133 Å². The number of hydrogen-bond donors (Lipinski definition) is 1. The molecule has 21 heavy (non-hydrogen) atoms. The van der Waals surface area contributed by atoms with Gasteiger partial charge in [0, 0.05) is 17.1 Å². The van der Waals surface area contributed by atoms with Crippen LogP contribution in [0.25, 0.3) is 0 Å². The third-order valence-electron chi connectivity index (χ3n) is 3.34. The lowest BCUT2D eigenvalue weighted by molar-refractivity contribution is 0.442. The molecule has 1 unspecified atom stereocenters. The number of hydrogen-bond acceptors (Lipinski definition) is 2. The van der Waals surface area contributed by atoms with E-state index < -0.39 is 26.6 Å². The average molecular weight is 384 g/mol. The van der Waals surface area contributed by atoms with Crippen molar-refractivity contribution < 1.29 is 17.2 Å². The van der Waals surface area contributed by atoms with Gasteiger partial charge in [-0.15, -0.1) is 0 Å². The van der Waals surface area contributed by atoms with E-state index in [4.69, 9.17) is 0 Å². The van der Waals surface area contributed by atoms with E-state index in [-0.39, 0.29) is 16.9 Å². The predicted octanol–water partition coefficient (Wildman–Crippen LogP) is 4.22. The highest BCUT2D eigenvalue weighted by Gasteiger charge is 2.24. The molecule has 1 rings (SSSR count). The number of unbranched alkanes of at least 4 members (excludes halogenated alkanes) is 1. The topological polar surface area (TPSA) is 46.2 Å². The molecule has 0 heterocycles. The van der Waals surface area contributed by atoms with Crippen LogP contribution in [0.1, 0.15) is 39.5 Å². The standard InChI is InChI=1S/C14H20BrF2NO2S/c1-3-5-6-10(4-2)9-18-21(19,20)14-12(15)7-11(16)8-13(14)17/h7-8,10,18H,3-6,9H2,1-2H3. The molecule has 120 valence electrons. The minimum absolute atomic E-state index is 0.117. The van der Waals surface area contributed by atoms with Gasteiger partial charge in [-0.3, -0.25) is 0 Å². The van der Waals surface area contributed by atoms with Crippen molar-refractivity contribution in [1.82, 2.24) is 4.72 Å². The van der Waals surface area contributed by atoms with Crippen LogP contribution < -0.4 is 4.72 Å². The molecule has 0 spiro atoms. The van der Waals surface area contributed by atoms with Crippen molar-refractivity contribution in [3.8, 4) is 0 Å². The fraction of sp³-hybridized carbons (Fsp3) is 0.571. The van der Waals surface area contributed by atoms with Gasteiger partial charge in [0.25, 0.3) is 0 Å². The summed E-state index contributed by atoms with van der Waals surface area (Å²) in [4.78, 5) is -0.547. The highest BCUT2D eigenvalue weighted by atomic mass is 79.9. The van der Waals surface area contributed by atoms with Crippen molar-refractivity contribution in [3.63, 3.8) is 0 Å². The van der Waals surface area contributed by atoms with E-state index in [0.717, 1.165) is 31.7 Å². The Morgan fingerprint density at radius 3 is 2.48 bits per heavy atom. The molecule has 0 radical (unpaired) electrons. The second-order valence-corrected chi connectivity index (χ2v) is 7.53. The molecule has 1 aromatic rings. The fourth-order valence-corrected chi connectivity index (χ4v) is 4.31. The summed E-state index contributed by atoms with van der Waals surface area (Å²) in [5.74, 6) is -1.72. The monoisotopic (exact) mass is 383 g/mol. The van der Waals surface area contributed by atoms with Gasteiger partial charge in [0.15, 0.2) is 0 Å². The molecule has 0 amide bonds. The smallest absolute Gasteiger partial charge is 0.211 e. The van der Waals surface area contributed by atoms with Crippen LogP contribution in [0.3, 0.4) is 0 Å². The number of benzene rings is 1. The molecule has 0 aliphatic carbocycles. The first kappa shape index (κ1) is 18.5. The van der Waals surface area contributed by atoms with Crippen LogP contribution in [-0.2, 0) is 10.0 Å². The number of halogens is 3. The molecule has 0 fully saturated rings. The summed E-state index contributed by atoms with van der Waals surface area (Å²) in [6, 6.07) is 1.50. The molecule has 0 bridgehead atoms. The first-order valence-corrected chi connectivity index (χ1v) is 9.23. The lowest BCUT2D eigenvalue weighted by atomic mass is 10.00. The Bertz CT molecular complexity index is 555. The van der Waals surface area contributed by atoms with E-state index in [1.165, 1.54) is 0 Å². The second kappa shape index (κ2) is 8.19. The Morgan fingerprint density at radius 2 is 1.95 bits per heavy atom. The van der Waals surface area contributed by atoms with E-state index in [2.05, 4.69) is 27.6 Å².